The first-order chi connectivity index (χ1) is 10.2. The van der Waals surface area contributed by atoms with E-state index < -0.39 is 5.60 Å². The van der Waals surface area contributed by atoms with Gasteiger partial charge in [-0.1, -0.05) is 18.2 Å². The lowest BCUT2D eigenvalue weighted by Gasteiger charge is -2.37. The lowest BCUT2D eigenvalue weighted by molar-refractivity contribution is 0.00170. The number of hydrogen-bond donors (Lipinski definition) is 1. The van der Waals surface area contributed by atoms with E-state index in [9.17, 15) is 9.50 Å². The first kappa shape index (κ1) is 13.0. The summed E-state index contributed by atoms with van der Waals surface area (Å²) in [5.74, 6) is -0.217. The monoisotopic (exact) mass is 283 g/mol. The second-order valence-electron chi connectivity index (χ2n) is 6.18. The number of aryl methyl sites for hydroxylation is 1. The van der Waals surface area contributed by atoms with Crippen LogP contribution in [0, 0.1) is 5.82 Å². The van der Waals surface area contributed by atoms with Crippen molar-refractivity contribution in [1.82, 2.24) is 4.98 Å². The molecule has 2 aliphatic rings. The Bertz CT molecular complexity index is 699. The summed E-state index contributed by atoms with van der Waals surface area (Å²) in [5.41, 5.74) is 2.71. The molecule has 1 N–H and O–H groups in total. The fourth-order valence-electron chi connectivity index (χ4n) is 4.10. The SMILES string of the molecule is OC1(C2CCCc3cccnc32)CCc2c(F)cccc21. The zero-order valence-electron chi connectivity index (χ0n) is 11.8. The molecule has 0 bridgehead atoms. The summed E-state index contributed by atoms with van der Waals surface area (Å²) in [7, 11) is 0. The van der Waals surface area contributed by atoms with Crippen molar-refractivity contribution < 1.29 is 9.50 Å². The Morgan fingerprint density at radius 1 is 1.19 bits per heavy atom. The maximum Gasteiger partial charge on any atom is 0.126 e. The number of pyridine rings is 1. The van der Waals surface area contributed by atoms with Gasteiger partial charge in [-0.3, -0.25) is 4.98 Å². The minimum Gasteiger partial charge on any atom is -0.384 e. The fraction of sp³-hybridized carbons (Fsp3) is 0.389. The van der Waals surface area contributed by atoms with Crippen LogP contribution in [0.1, 0.15) is 47.6 Å². The van der Waals surface area contributed by atoms with Crippen molar-refractivity contribution in [2.75, 3.05) is 0 Å². The maximum atomic E-state index is 14.0. The molecule has 1 heterocycles. The number of halogens is 1. The van der Waals surface area contributed by atoms with Crippen molar-refractivity contribution in [3.05, 3.63) is 64.7 Å². The predicted octanol–water partition coefficient (Wildman–Crippen LogP) is 3.47. The molecule has 0 aliphatic heterocycles. The molecule has 21 heavy (non-hydrogen) atoms. The number of aromatic nitrogens is 1. The Kier molecular flexibility index (Phi) is 2.86. The molecule has 0 amide bonds. The molecule has 0 fully saturated rings. The minimum atomic E-state index is -0.971. The highest BCUT2D eigenvalue weighted by atomic mass is 19.1. The molecule has 2 unspecified atom stereocenters. The summed E-state index contributed by atoms with van der Waals surface area (Å²) in [6, 6.07) is 9.11. The average Bonchev–Trinajstić information content (AvgIpc) is 2.87. The smallest absolute Gasteiger partial charge is 0.126 e. The van der Waals surface area contributed by atoms with E-state index >= 15 is 0 Å². The summed E-state index contributed by atoms with van der Waals surface area (Å²) in [6.45, 7) is 0. The van der Waals surface area contributed by atoms with Gasteiger partial charge < -0.3 is 5.11 Å². The number of nitrogens with zero attached hydrogens (tertiary/aromatic N) is 1. The topological polar surface area (TPSA) is 33.1 Å². The summed E-state index contributed by atoms with van der Waals surface area (Å²) in [6.07, 6.45) is 5.97. The average molecular weight is 283 g/mol. The van der Waals surface area contributed by atoms with Gasteiger partial charge in [-0.25, -0.2) is 4.39 Å². The van der Waals surface area contributed by atoms with Crippen LogP contribution in [-0.2, 0) is 18.4 Å². The van der Waals surface area contributed by atoms with Gasteiger partial charge in [0.25, 0.3) is 0 Å². The van der Waals surface area contributed by atoms with Crippen LogP contribution in [0.15, 0.2) is 36.5 Å². The van der Waals surface area contributed by atoms with E-state index in [-0.39, 0.29) is 11.7 Å². The summed E-state index contributed by atoms with van der Waals surface area (Å²) in [5, 5.41) is 11.3. The number of fused-ring (bicyclic) bond motifs is 2. The molecule has 4 rings (SSSR count). The van der Waals surface area contributed by atoms with Crippen LogP contribution in [0.25, 0.3) is 0 Å². The van der Waals surface area contributed by atoms with Crippen LogP contribution in [0.5, 0.6) is 0 Å². The molecule has 0 saturated heterocycles. The molecule has 2 atom stereocenters. The zero-order valence-corrected chi connectivity index (χ0v) is 11.8. The quantitative estimate of drug-likeness (QED) is 0.869. The highest BCUT2D eigenvalue weighted by Crippen LogP contribution is 2.50. The van der Waals surface area contributed by atoms with Gasteiger partial charge >= 0.3 is 0 Å². The fourth-order valence-corrected chi connectivity index (χ4v) is 4.10. The molecule has 2 aromatic rings. The molecule has 0 saturated carbocycles. The van der Waals surface area contributed by atoms with Crippen molar-refractivity contribution in [1.29, 1.82) is 0 Å². The van der Waals surface area contributed by atoms with Gasteiger partial charge in [-0.05, 0) is 60.9 Å². The van der Waals surface area contributed by atoms with Crippen LogP contribution in [0.3, 0.4) is 0 Å². The Hall–Kier alpha value is -1.74. The Balaban J connectivity index is 1.84. The van der Waals surface area contributed by atoms with Crippen LogP contribution in [0.2, 0.25) is 0 Å². The van der Waals surface area contributed by atoms with E-state index in [1.54, 1.807) is 12.3 Å². The Morgan fingerprint density at radius 3 is 3.00 bits per heavy atom. The molecule has 2 nitrogen and oxygen atoms in total. The van der Waals surface area contributed by atoms with Crippen molar-refractivity contribution in [3.63, 3.8) is 0 Å². The molecular formula is C18H18FNO. The molecule has 2 aliphatic carbocycles. The van der Waals surface area contributed by atoms with Crippen molar-refractivity contribution in [2.45, 2.75) is 43.6 Å². The largest absolute Gasteiger partial charge is 0.384 e. The molecule has 0 spiro atoms. The second-order valence-corrected chi connectivity index (χ2v) is 6.18. The van der Waals surface area contributed by atoms with Crippen molar-refractivity contribution in [2.24, 2.45) is 0 Å². The van der Waals surface area contributed by atoms with Gasteiger partial charge in [0.2, 0.25) is 0 Å². The lowest BCUT2D eigenvalue weighted by atomic mass is 9.73. The summed E-state index contributed by atoms with van der Waals surface area (Å²) < 4.78 is 14.0. The number of benzene rings is 1. The zero-order chi connectivity index (χ0) is 14.4. The van der Waals surface area contributed by atoms with E-state index in [4.69, 9.17) is 0 Å². The highest BCUT2D eigenvalue weighted by Gasteiger charge is 2.46. The van der Waals surface area contributed by atoms with Gasteiger partial charge in [0, 0.05) is 17.8 Å². The van der Waals surface area contributed by atoms with E-state index in [2.05, 4.69) is 11.1 Å². The lowest BCUT2D eigenvalue weighted by Crippen LogP contribution is -2.34. The first-order valence-corrected chi connectivity index (χ1v) is 7.64. The van der Waals surface area contributed by atoms with Crippen LogP contribution in [-0.4, -0.2) is 10.1 Å². The Labute approximate surface area is 123 Å². The van der Waals surface area contributed by atoms with Gasteiger partial charge in [0.15, 0.2) is 0 Å². The Morgan fingerprint density at radius 2 is 2.10 bits per heavy atom. The molecule has 3 heteroatoms. The van der Waals surface area contributed by atoms with Gasteiger partial charge in [0.05, 0.1) is 5.60 Å². The maximum absolute atomic E-state index is 14.0. The molecule has 0 radical (unpaired) electrons. The third-order valence-corrected chi connectivity index (χ3v) is 5.11. The third kappa shape index (κ3) is 1.84. The summed E-state index contributed by atoms with van der Waals surface area (Å²) >= 11 is 0. The van der Waals surface area contributed by atoms with E-state index in [0.29, 0.717) is 18.4 Å². The van der Waals surface area contributed by atoms with E-state index in [1.807, 2.05) is 12.1 Å². The van der Waals surface area contributed by atoms with E-state index in [0.717, 1.165) is 30.5 Å². The predicted molar refractivity (Wildman–Crippen MR) is 78.5 cm³/mol. The first-order valence-electron chi connectivity index (χ1n) is 7.64. The molecule has 108 valence electrons. The molecule has 1 aromatic carbocycles. The second kappa shape index (κ2) is 4.63. The standard InChI is InChI=1S/C18H18FNO/c19-16-8-2-6-14-13(16)9-10-18(14,21)15-7-1-4-12-5-3-11-20-17(12)15/h2-3,5-6,8,11,15,21H,1,4,7,9-10H2. The van der Waals surface area contributed by atoms with Crippen LogP contribution >= 0.6 is 0 Å². The third-order valence-electron chi connectivity index (χ3n) is 5.11. The minimum absolute atomic E-state index is 0.0227. The van der Waals surface area contributed by atoms with Crippen LogP contribution in [0.4, 0.5) is 4.39 Å². The number of hydrogen-bond acceptors (Lipinski definition) is 2. The van der Waals surface area contributed by atoms with Gasteiger partial charge in [-0.2, -0.15) is 0 Å². The van der Waals surface area contributed by atoms with E-state index in [1.165, 1.54) is 11.6 Å². The molecule has 1 aromatic heterocycles. The van der Waals surface area contributed by atoms with Gasteiger partial charge in [-0.15, -0.1) is 0 Å². The van der Waals surface area contributed by atoms with Crippen molar-refractivity contribution >= 4 is 0 Å². The van der Waals surface area contributed by atoms with Crippen LogP contribution < -0.4 is 0 Å². The summed E-state index contributed by atoms with van der Waals surface area (Å²) in [4.78, 5) is 4.53. The normalized spacial score (nSPS) is 27.2. The molecular weight excluding hydrogens is 265 g/mol. The number of aliphatic hydroxyl groups is 1. The number of rotatable bonds is 1. The highest BCUT2D eigenvalue weighted by molar-refractivity contribution is 5.42. The van der Waals surface area contributed by atoms with Gasteiger partial charge in [0.1, 0.15) is 5.82 Å². The van der Waals surface area contributed by atoms with Crippen molar-refractivity contribution in [3.8, 4) is 0 Å².